The maximum Gasteiger partial charge on any atom is 0.0542 e. The number of hydrogen-bond acceptors (Lipinski definition) is 1. The van der Waals surface area contributed by atoms with Crippen molar-refractivity contribution in [1.82, 2.24) is 0 Å². The van der Waals surface area contributed by atoms with Crippen LogP contribution in [0.3, 0.4) is 0 Å². The predicted octanol–water partition coefficient (Wildman–Crippen LogP) is 3.67. The van der Waals surface area contributed by atoms with Gasteiger partial charge in [0.2, 0.25) is 0 Å². The van der Waals surface area contributed by atoms with E-state index in [4.69, 9.17) is 0 Å². The zero-order valence-electron chi connectivity index (χ0n) is 9.25. The Kier molecular flexibility index (Phi) is 5.93. The van der Waals surface area contributed by atoms with Crippen molar-refractivity contribution >= 4 is 0 Å². The van der Waals surface area contributed by atoms with Gasteiger partial charge in [0.05, 0.1) is 6.10 Å². The normalized spacial score (nSPS) is 27.5. The third kappa shape index (κ3) is 4.80. The molecule has 0 aromatic carbocycles. The molecule has 0 aliphatic heterocycles. The molecule has 1 aliphatic rings. The molecule has 1 rings (SSSR count). The molecule has 14 heavy (non-hydrogen) atoms. The second-order valence-electron chi connectivity index (χ2n) is 4.61. The van der Waals surface area contributed by atoms with Crippen LogP contribution >= 0.6 is 0 Å². The molecule has 2 atom stereocenters. The Hall–Kier alpha value is -0.300. The molecule has 0 bridgehead atoms. The van der Waals surface area contributed by atoms with E-state index in [-0.39, 0.29) is 6.10 Å². The molecule has 1 aliphatic carbocycles. The van der Waals surface area contributed by atoms with Gasteiger partial charge in [-0.3, -0.25) is 0 Å². The smallest absolute Gasteiger partial charge is 0.0542 e. The van der Waals surface area contributed by atoms with Crippen LogP contribution in [-0.4, -0.2) is 11.2 Å². The van der Waals surface area contributed by atoms with E-state index in [1.807, 2.05) is 6.08 Å². The Bertz CT molecular complexity index is 153. The molecule has 0 amide bonds. The van der Waals surface area contributed by atoms with Gasteiger partial charge in [-0.05, 0) is 31.6 Å². The average Bonchev–Trinajstić information content (AvgIpc) is 2.18. The molecule has 0 aromatic heterocycles. The Morgan fingerprint density at radius 3 is 2.79 bits per heavy atom. The molecule has 0 aromatic rings. The summed E-state index contributed by atoms with van der Waals surface area (Å²) in [4.78, 5) is 0. The number of aliphatic hydroxyl groups is 1. The number of aliphatic hydroxyl groups excluding tert-OH is 1. The van der Waals surface area contributed by atoms with Crippen LogP contribution in [0.2, 0.25) is 0 Å². The number of unbranched alkanes of at least 4 members (excludes halogenated alkanes) is 3. The van der Waals surface area contributed by atoms with Gasteiger partial charge < -0.3 is 5.11 Å². The van der Waals surface area contributed by atoms with Crippen LogP contribution in [0, 0.1) is 5.92 Å². The minimum absolute atomic E-state index is 0.00178. The molecule has 1 N–H and O–H groups in total. The van der Waals surface area contributed by atoms with Crippen molar-refractivity contribution in [2.45, 2.75) is 63.9 Å². The van der Waals surface area contributed by atoms with E-state index in [0.29, 0.717) is 0 Å². The predicted molar refractivity (Wildman–Crippen MR) is 61.2 cm³/mol. The number of allylic oxidation sites excluding steroid dienone is 1. The Morgan fingerprint density at radius 2 is 2.07 bits per heavy atom. The van der Waals surface area contributed by atoms with E-state index < -0.39 is 0 Å². The van der Waals surface area contributed by atoms with Gasteiger partial charge in [0.25, 0.3) is 0 Å². The van der Waals surface area contributed by atoms with Crippen molar-refractivity contribution in [1.29, 1.82) is 0 Å². The molecule has 1 saturated carbocycles. The molecule has 0 spiro atoms. The highest BCUT2D eigenvalue weighted by Gasteiger charge is 2.19. The lowest BCUT2D eigenvalue weighted by molar-refractivity contribution is 0.0974. The molecule has 0 heterocycles. The van der Waals surface area contributed by atoms with Gasteiger partial charge in [-0.25, -0.2) is 0 Å². The fourth-order valence-corrected chi connectivity index (χ4v) is 2.42. The first-order valence-corrected chi connectivity index (χ1v) is 6.12. The molecule has 82 valence electrons. The third-order valence-electron chi connectivity index (χ3n) is 3.28. The molecule has 0 radical (unpaired) electrons. The first-order valence-electron chi connectivity index (χ1n) is 6.12. The highest BCUT2D eigenvalue weighted by molar-refractivity contribution is 4.72. The fourth-order valence-electron chi connectivity index (χ4n) is 2.42. The van der Waals surface area contributed by atoms with E-state index in [0.717, 1.165) is 25.2 Å². The lowest BCUT2D eigenvalue weighted by Gasteiger charge is -2.25. The molecule has 1 fully saturated rings. The summed E-state index contributed by atoms with van der Waals surface area (Å²) in [6.45, 7) is 3.73. The second-order valence-corrected chi connectivity index (χ2v) is 4.61. The Balaban J connectivity index is 1.97. The van der Waals surface area contributed by atoms with Crippen molar-refractivity contribution < 1.29 is 5.11 Å². The van der Waals surface area contributed by atoms with E-state index >= 15 is 0 Å². The summed E-state index contributed by atoms with van der Waals surface area (Å²) >= 11 is 0. The van der Waals surface area contributed by atoms with Crippen LogP contribution in [0.25, 0.3) is 0 Å². The Labute approximate surface area is 88.2 Å². The van der Waals surface area contributed by atoms with Crippen molar-refractivity contribution in [3.8, 4) is 0 Å². The molecular formula is C13H24O. The largest absolute Gasteiger partial charge is 0.393 e. The van der Waals surface area contributed by atoms with Gasteiger partial charge in [-0.2, -0.15) is 0 Å². The van der Waals surface area contributed by atoms with E-state index in [2.05, 4.69) is 6.58 Å². The number of rotatable bonds is 6. The third-order valence-corrected chi connectivity index (χ3v) is 3.28. The van der Waals surface area contributed by atoms with Crippen molar-refractivity contribution in [2.75, 3.05) is 0 Å². The maximum atomic E-state index is 9.51. The minimum atomic E-state index is 0.00178. The summed E-state index contributed by atoms with van der Waals surface area (Å²) in [6.07, 6.45) is 13.1. The SMILES string of the molecule is C=CCCCCCC1CCCC(O)C1. The van der Waals surface area contributed by atoms with Crippen LogP contribution in [0.15, 0.2) is 12.7 Å². The summed E-state index contributed by atoms with van der Waals surface area (Å²) in [5.74, 6) is 0.808. The first kappa shape index (κ1) is 11.8. The lowest BCUT2D eigenvalue weighted by Crippen LogP contribution is -2.19. The van der Waals surface area contributed by atoms with E-state index in [9.17, 15) is 5.11 Å². The highest BCUT2D eigenvalue weighted by Crippen LogP contribution is 2.28. The van der Waals surface area contributed by atoms with Crippen molar-refractivity contribution in [2.24, 2.45) is 5.92 Å². The van der Waals surface area contributed by atoms with Gasteiger partial charge in [-0.1, -0.05) is 38.2 Å². The van der Waals surface area contributed by atoms with E-state index in [1.165, 1.54) is 38.5 Å². The van der Waals surface area contributed by atoms with Crippen LogP contribution in [0.1, 0.15) is 57.8 Å². The zero-order valence-corrected chi connectivity index (χ0v) is 9.25. The lowest BCUT2D eigenvalue weighted by atomic mass is 9.84. The summed E-state index contributed by atoms with van der Waals surface area (Å²) in [5, 5.41) is 9.51. The molecular weight excluding hydrogens is 172 g/mol. The van der Waals surface area contributed by atoms with Gasteiger partial charge in [-0.15, -0.1) is 6.58 Å². The standard InChI is InChI=1S/C13H24O/c1-2-3-4-5-6-8-12-9-7-10-13(14)11-12/h2,12-14H,1,3-11H2. The van der Waals surface area contributed by atoms with Crippen molar-refractivity contribution in [3.05, 3.63) is 12.7 Å². The van der Waals surface area contributed by atoms with Crippen molar-refractivity contribution in [3.63, 3.8) is 0 Å². The quantitative estimate of drug-likeness (QED) is 0.507. The van der Waals surface area contributed by atoms with Gasteiger partial charge in [0, 0.05) is 0 Å². The van der Waals surface area contributed by atoms with Crippen LogP contribution < -0.4 is 0 Å². The van der Waals surface area contributed by atoms with Crippen LogP contribution in [-0.2, 0) is 0 Å². The van der Waals surface area contributed by atoms with Gasteiger partial charge in [0.15, 0.2) is 0 Å². The average molecular weight is 196 g/mol. The zero-order chi connectivity index (χ0) is 10.2. The number of hydrogen-bond donors (Lipinski definition) is 1. The summed E-state index contributed by atoms with van der Waals surface area (Å²) in [6, 6.07) is 0. The molecule has 0 saturated heterocycles. The molecule has 1 nitrogen and oxygen atoms in total. The second kappa shape index (κ2) is 7.05. The molecule has 2 unspecified atom stereocenters. The summed E-state index contributed by atoms with van der Waals surface area (Å²) < 4.78 is 0. The Morgan fingerprint density at radius 1 is 1.21 bits per heavy atom. The summed E-state index contributed by atoms with van der Waals surface area (Å²) in [5.41, 5.74) is 0. The minimum Gasteiger partial charge on any atom is -0.393 e. The van der Waals surface area contributed by atoms with Crippen LogP contribution in [0.5, 0.6) is 0 Å². The first-order chi connectivity index (χ1) is 6.83. The maximum absolute atomic E-state index is 9.51. The fraction of sp³-hybridized carbons (Fsp3) is 0.846. The van der Waals surface area contributed by atoms with Crippen LogP contribution in [0.4, 0.5) is 0 Å². The summed E-state index contributed by atoms with van der Waals surface area (Å²) in [7, 11) is 0. The molecule has 1 heteroatoms. The highest BCUT2D eigenvalue weighted by atomic mass is 16.3. The monoisotopic (exact) mass is 196 g/mol. The van der Waals surface area contributed by atoms with E-state index in [1.54, 1.807) is 0 Å². The van der Waals surface area contributed by atoms with Gasteiger partial charge >= 0.3 is 0 Å². The van der Waals surface area contributed by atoms with Gasteiger partial charge in [0.1, 0.15) is 0 Å². The topological polar surface area (TPSA) is 20.2 Å².